The highest BCUT2D eigenvalue weighted by atomic mass is 19.3. The van der Waals surface area contributed by atoms with E-state index in [2.05, 4.69) is 21.6 Å². The van der Waals surface area contributed by atoms with Crippen molar-refractivity contribution < 1.29 is 39.9 Å². The number of ether oxygens (including phenoxy) is 1. The van der Waals surface area contributed by atoms with Crippen LogP contribution in [-0.2, 0) is 25.4 Å². The van der Waals surface area contributed by atoms with Crippen LogP contribution in [0.1, 0.15) is 48.4 Å². The van der Waals surface area contributed by atoms with Gasteiger partial charge in [0.25, 0.3) is 0 Å². The lowest BCUT2D eigenvalue weighted by Crippen LogP contribution is -2.25. The number of nitrogens with zero attached hydrogens (tertiary/aromatic N) is 2. The fraction of sp³-hybridized carbons (Fsp3) is 0.222. The number of halogens is 8. The van der Waals surface area contributed by atoms with Gasteiger partial charge in [0.1, 0.15) is 28.8 Å². The third kappa shape index (κ3) is 7.96. The molecule has 47 heavy (non-hydrogen) atoms. The van der Waals surface area contributed by atoms with Crippen molar-refractivity contribution >= 4 is 0 Å². The SMILES string of the molecule is CCCCCc1cnc(-c2ccc(-c3ccc(CCc4cc(F)c(C(F)(F)Oc5cc(F)c(F)c(F)c5)c(F)c4)c(F)c3)cc2)nc1. The molecule has 11 heteroatoms. The van der Waals surface area contributed by atoms with E-state index in [4.69, 9.17) is 0 Å². The van der Waals surface area contributed by atoms with E-state index in [1.165, 1.54) is 12.1 Å². The molecule has 0 bridgehead atoms. The molecule has 4 aromatic carbocycles. The van der Waals surface area contributed by atoms with Crippen molar-refractivity contribution in [2.75, 3.05) is 0 Å². The lowest BCUT2D eigenvalue weighted by atomic mass is 9.98. The van der Waals surface area contributed by atoms with Crippen molar-refractivity contribution in [3.05, 3.63) is 136 Å². The largest absolute Gasteiger partial charge is 0.432 e. The Labute approximate surface area is 265 Å². The fourth-order valence-electron chi connectivity index (χ4n) is 5.07. The Hall–Kier alpha value is -4.80. The van der Waals surface area contributed by atoms with Crippen LogP contribution in [0.3, 0.4) is 0 Å². The van der Waals surface area contributed by atoms with Gasteiger partial charge in [-0.05, 0) is 71.7 Å². The highest BCUT2D eigenvalue weighted by Gasteiger charge is 2.41. The van der Waals surface area contributed by atoms with Crippen molar-refractivity contribution in [1.29, 1.82) is 0 Å². The highest BCUT2D eigenvalue weighted by molar-refractivity contribution is 5.68. The first-order chi connectivity index (χ1) is 22.4. The molecule has 0 spiro atoms. The molecule has 5 aromatic rings. The highest BCUT2D eigenvalue weighted by Crippen LogP contribution is 2.36. The quantitative estimate of drug-likeness (QED) is 0.0762. The minimum atomic E-state index is -4.70. The number of aryl methyl sites for hydroxylation is 3. The first-order valence-corrected chi connectivity index (χ1v) is 14.8. The van der Waals surface area contributed by atoms with Gasteiger partial charge < -0.3 is 4.74 Å². The zero-order valence-electron chi connectivity index (χ0n) is 25.1. The van der Waals surface area contributed by atoms with Gasteiger partial charge in [0.05, 0.1) is 0 Å². The summed E-state index contributed by atoms with van der Waals surface area (Å²) in [7, 11) is 0. The van der Waals surface area contributed by atoms with E-state index in [1.807, 2.05) is 36.7 Å². The Morgan fingerprint density at radius 1 is 0.596 bits per heavy atom. The molecule has 0 aliphatic heterocycles. The van der Waals surface area contributed by atoms with E-state index >= 15 is 4.39 Å². The van der Waals surface area contributed by atoms with Crippen LogP contribution in [0, 0.1) is 34.9 Å². The number of benzene rings is 4. The number of rotatable bonds is 12. The monoisotopic (exact) mass is 656 g/mol. The van der Waals surface area contributed by atoms with Gasteiger partial charge >= 0.3 is 6.11 Å². The van der Waals surface area contributed by atoms with Gasteiger partial charge in [0.15, 0.2) is 23.3 Å². The summed E-state index contributed by atoms with van der Waals surface area (Å²) in [5.74, 6) is -10.1. The van der Waals surface area contributed by atoms with Crippen molar-refractivity contribution in [3.8, 4) is 28.3 Å². The molecule has 244 valence electrons. The summed E-state index contributed by atoms with van der Waals surface area (Å²) in [6, 6.07) is 13.4. The molecule has 0 aliphatic carbocycles. The smallest absolute Gasteiger partial charge is 0.429 e. The predicted octanol–water partition coefficient (Wildman–Crippen LogP) is 10.3. The van der Waals surface area contributed by atoms with E-state index in [1.54, 1.807) is 6.07 Å². The minimum Gasteiger partial charge on any atom is -0.429 e. The molecule has 0 aliphatic rings. The van der Waals surface area contributed by atoms with Crippen LogP contribution in [0.25, 0.3) is 22.5 Å². The van der Waals surface area contributed by atoms with E-state index in [0.29, 0.717) is 23.5 Å². The van der Waals surface area contributed by atoms with E-state index in [-0.39, 0.29) is 36.1 Å². The fourth-order valence-corrected chi connectivity index (χ4v) is 5.07. The lowest BCUT2D eigenvalue weighted by Gasteiger charge is -2.20. The number of aromatic nitrogens is 2. The predicted molar refractivity (Wildman–Crippen MR) is 161 cm³/mol. The Morgan fingerprint density at radius 3 is 1.79 bits per heavy atom. The molecule has 3 nitrogen and oxygen atoms in total. The van der Waals surface area contributed by atoms with Crippen LogP contribution in [-0.4, -0.2) is 9.97 Å². The third-order valence-corrected chi connectivity index (χ3v) is 7.58. The number of hydrogen-bond acceptors (Lipinski definition) is 3. The van der Waals surface area contributed by atoms with Crippen molar-refractivity contribution in [2.24, 2.45) is 0 Å². The number of hydrogen-bond donors (Lipinski definition) is 0. The summed E-state index contributed by atoms with van der Waals surface area (Å²) in [6.07, 6.45) is 3.14. The van der Waals surface area contributed by atoms with Gasteiger partial charge in [-0.25, -0.2) is 36.3 Å². The molecule has 0 fully saturated rings. The Bertz CT molecular complexity index is 1820. The summed E-state index contributed by atoms with van der Waals surface area (Å²) in [5.41, 5.74) is 1.59. The average molecular weight is 657 g/mol. The topological polar surface area (TPSA) is 35.0 Å². The normalized spacial score (nSPS) is 11.6. The zero-order valence-corrected chi connectivity index (χ0v) is 25.1. The summed E-state index contributed by atoms with van der Waals surface area (Å²) >= 11 is 0. The zero-order chi connectivity index (χ0) is 33.7. The third-order valence-electron chi connectivity index (χ3n) is 7.58. The second-order valence-electron chi connectivity index (χ2n) is 11.0. The standard InChI is InChI=1S/C36H28F8N2O/c1-2-3-4-5-22-19-45-35(46-20-22)25-11-8-23(9-12-25)26-13-10-24(28(37)16-26)7-6-21-14-29(38)33(30(39)15-21)36(43,44)47-27-17-31(40)34(42)32(41)18-27/h8-20H,2-7H2,1H3. The van der Waals surface area contributed by atoms with E-state index in [0.717, 1.165) is 42.4 Å². The van der Waals surface area contributed by atoms with Crippen molar-refractivity contribution in [2.45, 2.75) is 51.6 Å². The second kappa shape index (κ2) is 14.3. The molecule has 1 aromatic heterocycles. The van der Waals surface area contributed by atoms with Crippen LogP contribution in [0.15, 0.2) is 79.1 Å². The maximum Gasteiger partial charge on any atom is 0.432 e. The summed E-state index contributed by atoms with van der Waals surface area (Å²) in [6.45, 7) is 2.15. The van der Waals surface area contributed by atoms with Gasteiger partial charge in [-0.15, -0.1) is 0 Å². The summed E-state index contributed by atoms with van der Waals surface area (Å²) in [5, 5.41) is 0. The van der Waals surface area contributed by atoms with Gasteiger partial charge in [0.2, 0.25) is 0 Å². The second-order valence-corrected chi connectivity index (χ2v) is 11.0. The molecule has 1 heterocycles. The van der Waals surface area contributed by atoms with Crippen molar-refractivity contribution in [1.82, 2.24) is 9.97 Å². The molecule has 0 saturated carbocycles. The van der Waals surface area contributed by atoms with E-state index in [9.17, 15) is 30.7 Å². The first kappa shape index (κ1) is 33.6. The van der Waals surface area contributed by atoms with Crippen molar-refractivity contribution in [3.63, 3.8) is 0 Å². The van der Waals surface area contributed by atoms with Gasteiger partial charge in [0, 0.05) is 30.1 Å². The average Bonchev–Trinajstić information content (AvgIpc) is 3.03. The van der Waals surface area contributed by atoms with Crippen LogP contribution >= 0.6 is 0 Å². The van der Waals surface area contributed by atoms with Gasteiger partial charge in [-0.1, -0.05) is 56.2 Å². The van der Waals surface area contributed by atoms with Crippen LogP contribution in [0.5, 0.6) is 5.75 Å². The van der Waals surface area contributed by atoms with Gasteiger partial charge in [-0.2, -0.15) is 8.78 Å². The minimum absolute atomic E-state index is 0.00389. The summed E-state index contributed by atoms with van der Waals surface area (Å²) in [4.78, 5) is 8.91. The molecule has 0 atom stereocenters. The van der Waals surface area contributed by atoms with Crippen LogP contribution in [0.2, 0.25) is 0 Å². The molecule has 5 rings (SSSR count). The molecular formula is C36H28F8N2O. The maximum absolute atomic E-state index is 15.0. The molecule has 0 unspecified atom stereocenters. The molecule has 0 N–H and O–H groups in total. The maximum atomic E-state index is 15.0. The molecule has 0 saturated heterocycles. The Morgan fingerprint density at radius 2 is 1.19 bits per heavy atom. The lowest BCUT2D eigenvalue weighted by molar-refractivity contribution is -0.189. The molecule has 0 amide bonds. The van der Waals surface area contributed by atoms with E-state index < -0.39 is 52.3 Å². The first-order valence-electron chi connectivity index (χ1n) is 14.8. The Balaban J connectivity index is 1.24. The summed E-state index contributed by atoms with van der Waals surface area (Å²) < 4.78 is 118. The number of alkyl halides is 2. The van der Waals surface area contributed by atoms with Gasteiger partial charge in [-0.3, -0.25) is 0 Å². The molecule has 0 radical (unpaired) electrons. The van der Waals surface area contributed by atoms with Crippen LogP contribution in [0.4, 0.5) is 35.1 Å². The number of unbranched alkanes of at least 4 members (excludes halogenated alkanes) is 2. The molecular weight excluding hydrogens is 628 g/mol. The van der Waals surface area contributed by atoms with Crippen LogP contribution < -0.4 is 4.74 Å². The Kier molecular flexibility index (Phi) is 10.2.